The van der Waals surface area contributed by atoms with Gasteiger partial charge in [-0.3, -0.25) is 5.10 Å². The van der Waals surface area contributed by atoms with Crippen molar-refractivity contribution in [1.29, 1.82) is 0 Å². The maximum Gasteiger partial charge on any atom is 0.342 e. The lowest BCUT2D eigenvalue weighted by Crippen LogP contribution is -1.97. The topological polar surface area (TPSA) is 99.1 Å². The molecule has 0 saturated heterocycles. The number of aliphatic carboxylic acids is 1. The molecule has 0 radical (unpaired) electrons. The number of aromatic nitrogens is 3. The SMILES string of the molecule is Cc1nc(S/C(=C\c2cc(Br)c(O)c(Br)c2)C(=O)O)n[nH]1. The van der Waals surface area contributed by atoms with Crippen molar-refractivity contribution in [3.63, 3.8) is 0 Å². The van der Waals surface area contributed by atoms with Crippen molar-refractivity contribution in [2.75, 3.05) is 0 Å². The van der Waals surface area contributed by atoms with Gasteiger partial charge >= 0.3 is 5.97 Å². The van der Waals surface area contributed by atoms with Crippen molar-refractivity contribution < 1.29 is 15.0 Å². The van der Waals surface area contributed by atoms with Gasteiger partial charge in [0.2, 0.25) is 5.16 Å². The molecule has 6 nitrogen and oxygen atoms in total. The van der Waals surface area contributed by atoms with Crippen LogP contribution in [0.2, 0.25) is 0 Å². The van der Waals surface area contributed by atoms with E-state index in [1.54, 1.807) is 19.1 Å². The number of aryl methyl sites for hydroxylation is 1. The van der Waals surface area contributed by atoms with E-state index < -0.39 is 5.97 Å². The number of nitrogens with one attached hydrogen (secondary N) is 1. The zero-order chi connectivity index (χ0) is 15.6. The molecular weight excluding hydrogens is 426 g/mol. The molecule has 0 aliphatic carbocycles. The largest absolute Gasteiger partial charge is 0.506 e. The number of H-pyrrole nitrogens is 1. The van der Waals surface area contributed by atoms with Crippen LogP contribution in [0.1, 0.15) is 11.4 Å². The van der Waals surface area contributed by atoms with Gasteiger partial charge in [0, 0.05) is 0 Å². The van der Waals surface area contributed by atoms with Gasteiger partial charge in [0.1, 0.15) is 16.5 Å². The van der Waals surface area contributed by atoms with Gasteiger partial charge in [-0.15, -0.1) is 5.10 Å². The third-order valence-corrected chi connectivity index (χ3v) is 4.41. The Morgan fingerprint density at radius 3 is 2.48 bits per heavy atom. The molecule has 0 unspecified atom stereocenters. The first-order valence-corrected chi connectivity index (χ1v) is 7.97. The Kier molecular flexibility index (Phi) is 5.07. The van der Waals surface area contributed by atoms with E-state index >= 15 is 0 Å². The highest BCUT2D eigenvalue weighted by Gasteiger charge is 2.14. The van der Waals surface area contributed by atoms with Gasteiger partial charge in [0.25, 0.3) is 0 Å². The fraction of sp³-hybridized carbons (Fsp3) is 0.0833. The minimum atomic E-state index is -1.08. The Morgan fingerprint density at radius 2 is 2.00 bits per heavy atom. The molecule has 1 aromatic carbocycles. The lowest BCUT2D eigenvalue weighted by atomic mass is 10.2. The van der Waals surface area contributed by atoms with E-state index in [1.165, 1.54) is 6.08 Å². The fourth-order valence-electron chi connectivity index (χ4n) is 1.42. The second-order valence-corrected chi connectivity index (χ2v) is 6.67. The molecule has 3 N–H and O–H groups in total. The minimum absolute atomic E-state index is 0.0567. The van der Waals surface area contributed by atoms with Crippen LogP contribution >= 0.6 is 43.6 Å². The first-order valence-electron chi connectivity index (χ1n) is 5.56. The number of benzene rings is 1. The normalized spacial score (nSPS) is 11.7. The van der Waals surface area contributed by atoms with Crippen molar-refractivity contribution in [2.24, 2.45) is 0 Å². The van der Waals surface area contributed by atoms with Gasteiger partial charge in [-0.2, -0.15) is 0 Å². The van der Waals surface area contributed by atoms with Gasteiger partial charge in [0.05, 0.1) is 8.95 Å². The zero-order valence-corrected chi connectivity index (χ0v) is 14.6. The Labute approximate surface area is 140 Å². The maximum absolute atomic E-state index is 11.3. The van der Waals surface area contributed by atoms with Crippen LogP contribution in [-0.4, -0.2) is 31.4 Å². The molecule has 0 aliphatic heterocycles. The second-order valence-electron chi connectivity index (χ2n) is 3.95. The fourth-order valence-corrected chi connectivity index (χ4v) is 3.40. The monoisotopic (exact) mass is 433 g/mol. The van der Waals surface area contributed by atoms with Crippen LogP contribution in [0.15, 0.2) is 31.1 Å². The molecule has 0 saturated carbocycles. The number of carboxylic acids is 1. The van der Waals surface area contributed by atoms with Crippen molar-refractivity contribution in [3.05, 3.63) is 37.4 Å². The smallest absolute Gasteiger partial charge is 0.342 e. The number of aromatic amines is 1. The van der Waals surface area contributed by atoms with Gasteiger partial charge in [0.15, 0.2) is 0 Å². The van der Waals surface area contributed by atoms with Crippen molar-refractivity contribution in [2.45, 2.75) is 12.1 Å². The number of thioether (sulfide) groups is 1. The average molecular weight is 435 g/mol. The summed E-state index contributed by atoms with van der Waals surface area (Å²) in [4.78, 5) is 15.4. The number of nitrogens with zero attached hydrogens (tertiary/aromatic N) is 2. The number of carbonyl (C=O) groups is 1. The number of carboxylic acid groups (broad SMARTS) is 1. The molecule has 0 aliphatic rings. The minimum Gasteiger partial charge on any atom is -0.506 e. The third-order valence-electron chi connectivity index (χ3n) is 2.33. The van der Waals surface area contributed by atoms with Crippen LogP contribution in [0.3, 0.4) is 0 Å². The summed E-state index contributed by atoms with van der Waals surface area (Å²) in [5.41, 5.74) is 0.615. The Morgan fingerprint density at radius 1 is 1.38 bits per heavy atom. The molecule has 110 valence electrons. The summed E-state index contributed by atoms with van der Waals surface area (Å²) in [6, 6.07) is 3.24. The van der Waals surface area contributed by atoms with Crippen molar-refractivity contribution in [1.82, 2.24) is 15.2 Å². The van der Waals surface area contributed by atoms with E-state index in [-0.39, 0.29) is 10.7 Å². The lowest BCUT2D eigenvalue weighted by molar-refractivity contribution is -0.131. The molecular formula is C12H9Br2N3O3S. The van der Waals surface area contributed by atoms with Gasteiger partial charge in [-0.1, -0.05) is 0 Å². The Bertz CT molecular complexity index is 707. The van der Waals surface area contributed by atoms with Crippen molar-refractivity contribution in [3.8, 4) is 5.75 Å². The van der Waals surface area contributed by atoms with E-state index in [0.29, 0.717) is 25.5 Å². The van der Waals surface area contributed by atoms with Crippen LogP contribution in [0.4, 0.5) is 0 Å². The molecule has 0 spiro atoms. The molecule has 2 aromatic rings. The summed E-state index contributed by atoms with van der Waals surface area (Å²) >= 11 is 7.35. The zero-order valence-electron chi connectivity index (χ0n) is 10.6. The number of phenols is 1. The first kappa shape index (κ1) is 16.1. The van der Waals surface area contributed by atoms with Crippen LogP contribution < -0.4 is 0 Å². The molecule has 0 atom stereocenters. The number of hydrogen-bond acceptors (Lipinski definition) is 5. The Hall–Kier alpha value is -1.32. The number of hydrogen-bond donors (Lipinski definition) is 3. The van der Waals surface area contributed by atoms with Gasteiger partial charge in [-0.25, -0.2) is 9.78 Å². The van der Waals surface area contributed by atoms with E-state index in [9.17, 15) is 15.0 Å². The number of aromatic hydroxyl groups is 1. The highest BCUT2D eigenvalue weighted by atomic mass is 79.9. The maximum atomic E-state index is 11.3. The Balaban J connectivity index is 2.36. The lowest BCUT2D eigenvalue weighted by Gasteiger charge is -2.04. The molecule has 0 fully saturated rings. The van der Waals surface area contributed by atoms with Gasteiger partial charge < -0.3 is 10.2 Å². The summed E-state index contributed by atoms with van der Waals surface area (Å²) in [5, 5.41) is 25.8. The quantitative estimate of drug-likeness (QED) is 0.502. The summed E-state index contributed by atoms with van der Waals surface area (Å²) in [5.74, 6) is -0.415. The average Bonchev–Trinajstić information content (AvgIpc) is 2.80. The van der Waals surface area contributed by atoms with Crippen LogP contribution in [0.25, 0.3) is 6.08 Å². The summed E-state index contributed by atoms with van der Waals surface area (Å²) in [6.45, 7) is 1.73. The van der Waals surface area contributed by atoms with E-state index in [4.69, 9.17) is 0 Å². The van der Waals surface area contributed by atoms with E-state index in [2.05, 4.69) is 47.0 Å². The van der Waals surface area contributed by atoms with Crippen molar-refractivity contribution >= 4 is 55.7 Å². The highest BCUT2D eigenvalue weighted by molar-refractivity contribution is 9.11. The third kappa shape index (κ3) is 4.08. The second kappa shape index (κ2) is 6.63. The number of halogens is 2. The molecule has 2 rings (SSSR count). The standard InChI is InChI=1S/C12H9Br2N3O3S/c1-5-15-12(17-16-5)21-9(11(19)20)4-6-2-7(13)10(18)8(14)3-6/h2-4,18H,1H3,(H,19,20)(H,15,16,17)/b9-4-. The predicted molar refractivity (Wildman–Crippen MR) is 86.1 cm³/mol. The first-order chi connectivity index (χ1) is 9.86. The molecule has 1 heterocycles. The van der Waals surface area contributed by atoms with Gasteiger partial charge in [-0.05, 0) is 74.3 Å². The molecule has 0 amide bonds. The summed E-state index contributed by atoms with van der Waals surface area (Å²) in [7, 11) is 0. The van der Waals surface area contributed by atoms with E-state index in [1.807, 2.05) is 0 Å². The molecule has 21 heavy (non-hydrogen) atoms. The summed E-state index contributed by atoms with van der Waals surface area (Å²) in [6.07, 6.45) is 1.48. The summed E-state index contributed by atoms with van der Waals surface area (Å²) < 4.78 is 0.929. The molecule has 1 aromatic heterocycles. The number of phenolic OH excluding ortho intramolecular Hbond substituents is 1. The van der Waals surface area contributed by atoms with Crippen LogP contribution in [-0.2, 0) is 4.79 Å². The number of rotatable bonds is 4. The van der Waals surface area contributed by atoms with Crippen LogP contribution in [0.5, 0.6) is 5.75 Å². The van der Waals surface area contributed by atoms with Crippen LogP contribution in [0, 0.1) is 6.92 Å². The molecule has 9 heteroatoms. The highest BCUT2D eigenvalue weighted by Crippen LogP contribution is 2.35. The van der Waals surface area contributed by atoms with E-state index in [0.717, 1.165) is 11.8 Å². The molecule has 0 bridgehead atoms. The predicted octanol–water partition coefficient (Wildman–Crippen LogP) is 3.56.